The Hall–Kier alpha value is -1.60. The molecule has 3 fully saturated rings. The fourth-order valence-electron chi connectivity index (χ4n) is 4.53. The number of hydrogen-bond acceptors (Lipinski definition) is 4. The van der Waals surface area contributed by atoms with Gasteiger partial charge in [-0.3, -0.25) is 9.58 Å². The molecule has 0 unspecified atom stereocenters. The largest absolute Gasteiger partial charge is 0.378 e. The van der Waals surface area contributed by atoms with Crippen LogP contribution in [0.3, 0.4) is 0 Å². The third-order valence-corrected chi connectivity index (χ3v) is 5.88. The van der Waals surface area contributed by atoms with E-state index < -0.39 is 0 Å². The molecule has 1 aromatic rings. The SMILES string of the molecule is CN1[C@@H](Cn2cccn2)C[C@H]2CN(C(=O)N3CCOCC3)CC[C@H]21. The number of amides is 2. The number of morpholine rings is 1. The molecule has 0 aliphatic carbocycles. The van der Waals surface area contributed by atoms with Crippen LogP contribution in [0.2, 0.25) is 0 Å². The van der Waals surface area contributed by atoms with Gasteiger partial charge in [-0.2, -0.15) is 5.10 Å². The monoisotopic (exact) mass is 333 g/mol. The number of fused-ring (bicyclic) bond motifs is 1. The van der Waals surface area contributed by atoms with Gasteiger partial charge in [-0.25, -0.2) is 4.79 Å². The second-order valence-corrected chi connectivity index (χ2v) is 7.23. The van der Waals surface area contributed by atoms with Crippen LogP contribution in [0, 0.1) is 5.92 Å². The molecule has 0 radical (unpaired) electrons. The third-order valence-electron chi connectivity index (χ3n) is 5.88. The molecule has 7 nitrogen and oxygen atoms in total. The highest BCUT2D eigenvalue weighted by Crippen LogP contribution is 2.35. The summed E-state index contributed by atoms with van der Waals surface area (Å²) < 4.78 is 7.38. The minimum absolute atomic E-state index is 0.204. The van der Waals surface area contributed by atoms with E-state index in [1.807, 2.05) is 28.0 Å². The summed E-state index contributed by atoms with van der Waals surface area (Å²) in [4.78, 5) is 19.3. The van der Waals surface area contributed by atoms with E-state index in [1.54, 1.807) is 0 Å². The highest BCUT2D eigenvalue weighted by molar-refractivity contribution is 5.74. The van der Waals surface area contributed by atoms with Crippen molar-refractivity contribution in [1.82, 2.24) is 24.5 Å². The van der Waals surface area contributed by atoms with Crippen molar-refractivity contribution in [2.24, 2.45) is 5.92 Å². The maximum atomic E-state index is 12.7. The van der Waals surface area contributed by atoms with Gasteiger partial charge in [0.05, 0.1) is 19.8 Å². The molecule has 0 aromatic carbocycles. The van der Waals surface area contributed by atoms with Crippen molar-refractivity contribution in [3.8, 4) is 0 Å². The first kappa shape index (κ1) is 15.9. The zero-order chi connectivity index (χ0) is 16.5. The Labute approximate surface area is 143 Å². The Kier molecular flexibility index (Phi) is 4.45. The number of likely N-dealkylation sites (N-methyl/N-ethyl adjacent to an activating group) is 1. The van der Waals surface area contributed by atoms with Gasteiger partial charge >= 0.3 is 6.03 Å². The van der Waals surface area contributed by atoms with Gasteiger partial charge in [-0.05, 0) is 31.9 Å². The number of likely N-dealkylation sites (tertiary alicyclic amines) is 2. The molecule has 3 atom stereocenters. The molecule has 2 amide bonds. The summed E-state index contributed by atoms with van der Waals surface area (Å²) in [6.07, 6.45) is 6.09. The molecule has 24 heavy (non-hydrogen) atoms. The van der Waals surface area contributed by atoms with E-state index in [4.69, 9.17) is 4.74 Å². The maximum Gasteiger partial charge on any atom is 0.320 e. The zero-order valence-corrected chi connectivity index (χ0v) is 14.4. The number of hydrogen-bond donors (Lipinski definition) is 0. The van der Waals surface area contributed by atoms with Crippen LogP contribution in [0.15, 0.2) is 18.5 Å². The predicted octanol–water partition coefficient (Wildman–Crippen LogP) is 0.730. The number of carbonyl (C=O) groups excluding carboxylic acids is 1. The smallest absolute Gasteiger partial charge is 0.320 e. The van der Waals surface area contributed by atoms with E-state index in [-0.39, 0.29) is 6.03 Å². The van der Waals surface area contributed by atoms with Crippen LogP contribution in [-0.4, -0.2) is 89.0 Å². The van der Waals surface area contributed by atoms with Gasteiger partial charge in [0.15, 0.2) is 0 Å². The highest BCUT2D eigenvalue weighted by Gasteiger charge is 2.43. The van der Waals surface area contributed by atoms with Gasteiger partial charge in [0.25, 0.3) is 0 Å². The molecule has 0 N–H and O–H groups in total. The van der Waals surface area contributed by atoms with Crippen LogP contribution in [0.4, 0.5) is 4.79 Å². The Bertz CT molecular complexity index is 557. The van der Waals surface area contributed by atoms with Crippen LogP contribution < -0.4 is 0 Å². The van der Waals surface area contributed by atoms with Crippen LogP contribution in [0.1, 0.15) is 12.8 Å². The number of carbonyl (C=O) groups is 1. The average Bonchev–Trinajstić information content (AvgIpc) is 3.24. The summed E-state index contributed by atoms with van der Waals surface area (Å²) in [7, 11) is 2.23. The second kappa shape index (κ2) is 6.72. The van der Waals surface area contributed by atoms with E-state index in [1.165, 1.54) is 0 Å². The van der Waals surface area contributed by atoms with E-state index in [0.717, 1.165) is 45.6 Å². The third kappa shape index (κ3) is 3.02. The number of nitrogens with zero attached hydrogens (tertiary/aromatic N) is 5. The molecule has 1 aromatic heterocycles. The molecule has 0 bridgehead atoms. The van der Waals surface area contributed by atoms with Gasteiger partial charge in [0.2, 0.25) is 0 Å². The van der Waals surface area contributed by atoms with Gasteiger partial charge in [0, 0.05) is 50.7 Å². The molecular weight excluding hydrogens is 306 g/mol. The fraction of sp³-hybridized carbons (Fsp3) is 0.765. The molecule has 4 rings (SSSR count). The van der Waals surface area contributed by atoms with E-state index >= 15 is 0 Å². The summed E-state index contributed by atoms with van der Waals surface area (Å²) in [6.45, 7) is 5.49. The molecule has 7 heteroatoms. The van der Waals surface area contributed by atoms with Crippen molar-refractivity contribution < 1.29 is 9.53 Å². The van der Waals surface area contributed by atoms with Crippen molar-refractivity contribution in [2.75, 3.05) is 46.4 Å². The number of urea groups is 1. The first-order chi connectivity index (χ1) is 11.7. The Balaban J connectivity index is 1.37. The molecular formula is C17H27N5O2. The lowest BCUT2D eigenvalue weighted by Crippen LogP contribution is -2.53. The quantitative estimate of drug-likeness (QED) is 0.801. The molecule has 3 saturated heterocycles. The summed E-state index contributed by atoms with van der Waals surface area (Å²) in [6, 6.07) is 3.29. The Morgan fingerprint density at radius 1 is 1.25 bits per heavy atom. The molecule has 3 aliphatic rings. The number of rotatable bonds is 2. The van der Waals surface area contributed by atoms with Gasteiger partial charge in [0.1, 0.15) is 0 Å². The summed E-state index contributed by atoms with van der Waals surface area (Å²) in [5.74, 6) is 0.578. The molecule has 3 aliphatic heterocycles. The second-order valence-electron chi connectivity index (χ2n) is 7.23. The zero-order valence-electron chi connectivity index (χ0n) is 14.4. The van der Waals surface area contributed by atoms with Gasteiger partial charge in [-0.15, -0.1) is 0 Å². The van der Waals surface area contributed by atoms with Crippen LogP contribution in [-0.2, 0) is 11.3 Å². The summed E-state index contributed by atoms with van der Waals surface area (Å²) >= 11 is 0. The van der Waals surface area contributed by atoms with Crippen molar-refractivity contribution in [3.63, 3.8) is 0 Å². The lowest BCUT2D eigenvalue weighted by Gasteiger charge is -2.40. The van der Waals surface area contributed by atoms with E-state index in [2.05, 4.69) is 21.9 Å². The molecule has 4 heterocycles. The van der Waals surface area contributed by atoms with Crippen molar-refractivity contribution in [1.29, 1.82) is 0 Å². The Morgan fingerprint density at radius 3 is 2.83 bits per heavy atom. The first-order valence-electron chi connectivity index (χ1n) is 9.03. The maximum absolute atomic E-state index is 12.7. The lowest BCUT2D eigenvalue weighted by atomic mass is 9.92. The minimum atomic E-state index is 0.204. The van der Waals surface area contributed by atoms with Crippen LogP contribution >= 0.6 is 0 Å². The first-order valence-corrected chi connectivity index (χ1v) is 9.03. The van der Waals surface area contributed by atoms with E-state index in [9.17, 15) is 4.79 Å². The topological polar surface area (TPSA) is 53.8 Å². The predicted molar refractivity (Wildman–Crippen MR) is 89.7 cm³/mol. The molecule has 132 valence electrons. The normalized spacial score (nSPS) is 31.3. The summed E-state index contributed by atoms with van der Waals surface area (Å²) in [5.41, 5.74) is 0. The fourth-order valence-corrected chi connectivity index (χ4v) is 4.53. The lowest BCUT2D eigenvalue weighted by molar-refractivity contribution is 0.0362. The highest BCUT2D eigenvalue weighted by atomic mass is 16.5. The molecule has 0 spiro atoms. The number of piperidine rings is 1. The van der Waals surface area contributed by atoms with Crippen LogP contribution in [0.25, 0.3) is 0 Å². The summed E-state index contributed by atoms with van der Waals surface area (Å²) in [5, 5.41) is 4.34. The average molecular weight is 333 g/mol. The van der Waals surface area contributed by atoms with Crippen molar-refractivity contribution >= 4 is 6.03 Å². The van der Waals surface area contributed by atoms with Gasteiger partial charge in [-0.1, -0.05) is 0 Å². The van der Waals surface area contributed by atoms with Crippen molar-refractivity contribution in [2.45, 2.75) is 31.5 Å². The standard InChI is InChI=1S/C17H27N5O2/c1-19-15(13-22-5-2-4-18-22)11-14-12-21(6-3-16(14)19)17(23)20-7-9-24-10-8-20/h2,4-5,14-16H,3,6-13H2,1H3/t14-,15+,16+/m0/s1. The minimum Gasteiger partial charge on any atom is -0.378 e. The Morgan fingerprint density at radius 2 is 2.08 bits per heavy atom. The van der Waals surface area contributed by atoms with E-state index in [0.29, 0.717) is 31.2 Å². The van der Waals surface area contributed by atoms with Crippen molar-refractivity contribution in [3.05, 3.63) is 18.5 Å². The molecule has 0 saturated carbocycles. The van der Waals surface area contributed by atoms with Crippen LogP contribution in [0.5, 0.6) is 0 Å². The number of ether oxygens (including phenoxy) is 1. The van der Waals surface area contributed by atoms with Gasteiger partial charge < -0.3 is 14.5 Å². The number of aromatic nitrogens is 2.